The van der Waals surface area contributed by atoms with Gasteiger partial charge in [-0.15, -0.1) is 0 Å². The largest absolute Gasteiger partial charge is 0.508 e. The van der Waals surface area contributed by atoms with Crippen molar-refractivity contribution in [2.24, 2.45) is 0 Å². The van der Waals surface area contributed by atoms with Crippen molar-refractivity contribution in [2.75, 3.05) is 0 Å². The Balaban J connectivity index is 1.48. The Bertz CT molecular complexity index is 3140. The number of fused-ring (bicyclic) bond motifs is 6. The molecule has 9 aromatic rings. The third-order valence-electron chi connectivity index (χ3n) is 10.4. The molecule has 0 atom stereocenters. The Morgan fingerprint density at radius 2 is 1.09 bits per heavy atom. The van der Waals surface area contributed by atoms with Crippen LogP contribution in [0.4, 0.5) is 0 Å². The molecule has 0 saturated heterocycles. The highest BCUT2D eigenvalue weighted by molar-refractivity contribution is 6.27. The summed E-state index contributed by atoms with van der Waals surface area (Å²) in [6.07, 6.45) is 0. The smallest absolute Gasteiger partial charge is 0.204 e. The minimum Gasteiger partial charge on any atom is -0.508 e. The van der Waals surface area contributed by atoms with Gasteiger partial charge in [0.05, 0.1) is 0 Å². The number of hydrogen-bond donors (Lipinski definition) is 6. The fraction of sp³-hybridized carbons (Fsp3) is 0.0213. The van der Waals surface area contributed by atoms with Gasteiger partial charge >= 0.3 is 0 Å². The van der Waals surface area contributed by atoms with Crippen molar-refractivity contribution in [3.8, 4) is 56.4 Å². The summed E-state index contributed by atoms with van der Waals surface area (Å²) in [6.45, 7) is 5.40. The molecule has 0 bridgehead atoms. The van der Waals surface area contributed by atoms with E-state index in [1.807, 2.05) is 97.1 Å². The zero-order valence-corrected chi connectivity index (χ0v) is 29.4. The van der Waals surface area contributed by atoms with Crippen molar-refractivity contribution in [1.82, 2.24) is 0 Å². The quantitative estimate of drug-likeness (QED) is 0.0451. The van der Waals surface area contributed by atoms with Crippen molar-refractivity contribution in [1.29, 1.82) is 0 Å². The van der Waals surface area contributed by atoms with E-state index in [9.17, 15) is 30.6 Å². The molecule has 0 aliphatic heterocycles. The number of phenols is 4. The van der Waals surface area contributed by atoms with Crippen LogP contribution in [0.5, 0.6) is 23.0 Å². The van der Waals surface area contributed by atoms with Crippen LogP contribution in [0.2, 0.25) is 0 Å². The van der Waals surface area contributed by atoms with Crippen molar-refractivity contribution >= 4 is 73.6 Å². The van der Waals surface area contributed by atoms with E-state index in [0.29, 0.717) is 33.1 Å². The van der Waals surface area contributed by atoms with Gasteiger partial charge in [-0.05, 0) is 75.0 Å². The summed E-state index contributed by atoms with van der Waals surface area (Å²) in [6, 6.07) is 38.2. The number of hydrogen-bond acceptors (Lipinski definition) is 7. The van der Waals surface area contributed by atoms with Crippen LogP contribution in [-0.4, -0.2) is 38.5 Å². The number of rotatable bonds is 5. The van der Waals surface area contributed by atoms with Crippen LogP contribution in [0.1, 0.15) is 18.1 Å². The Morgan fingerprint density at radius 3 is 1.75 bits per heavy atom. The van der Waals surface area contributed by atoms with Gasteiger partial charge < -0.3 is 35.1 Å². The lowest BCUT2D eigenvalue weighted by Gasteiger charge is -2.25. The predicted molar refractivity (Wildman–Crippen MR) is 222 cm³/mol. The van der Waals surface area contributed by atoms with E-state index < -0.39 is 34.5 Å². The molecule has 8 aromatic carbocycles. The summed E-state index contributed by atoms with van der Waals surface area (Å²) >= 11 is 0. The Labute approximate surface area is 315 Å². The molecule has 0 amide bonds. The Hall–Kier alpha value is -7.32. The third-order valence-corrected chi connectivity index (χ3v) is 10.4. The van der Waals surface area contributed by atoms with Crippen LogP contribution >= 0.6 is 0 Å². The molecule has 1 aromatic heterocycles. The van der Waals surface area contributed by atoms with E-state index in [4.69, 9.17) is 12.3 Å². The van der Waals surface area contributed by atoms with E-state index in [0.717, 1.165) is 32.7 Å². The first-order valence-corrected chi connectivity index (χ1v) is 17.5. The Kier molecular flexibility index (Phi) is 7.55. The first-order valence-electron chi connectivity index (χ1n) is 17.5. The van der Waals surface area contributed by atoms with Crippen LogP contribution < -0.4 is 0 Å². The number of aromatic hydroxyl groups is 4. The summed E-state index contributed by atoms with van der Waals surface area (Å²) in [5, 5.41) is 74.3. The maximum absolute atomic E-state index is 12.0. The number of aliphatic hydroxyl groups is 2. The molecule has 8 heteroatoms. The molecule has 0 saturated carbocycles. The van der Waals surface area contributed by atoms with Crippen molar-refractivity contribution in [3.63, 3.8) is 0 Å². The lowest BCUT2D eigenvalue weighted by Crippen LogP contribution is -2.04. The molecule has 1 heterocycles. The fourth-order valence-electron chi connectivity index (χ4n) is 7.97. The maximum atomic E-state index is 12.0. The molecular formula is C47H31BO7. The average Bonchev–Trinajstić information content (AvgIpc) is 3.56. The zero-order chi connectivity index (χ0) is 38.3. The molecular weight excluding hydrogens is 687 g/mol. The minimum atomic E-state index is -0.975. The molecule has 0 spiro atoms. The second-order valence-electron chi connectivity index (χ2n) is 13.7. The second kappa shape index (κ2) is 12.4. The third kappa shape index (κ3) is 4.99. The van der Waals surface area contributed by atoms with Gasteiger partial charge in [-0.3, -0.25) is 0 Å². The topological polar surface area (TPSA) is 135 Å². The highest BCUT2D eigenvalue weighted by Gasteiger charge is 2.33. The molecule has 0 aliphatic carbocycles. The summed E-state index contributed by atoms with van der Waals surface area (Å²) in [5.41, 5.74) is 4.08. The molecule has 2 radical (unpaired) electrons. The normalized spacial score (nSPS) is 12.2. The van der Waals surface area contributed by atoms with Gasteiger partial charge in [-0.25, -0.2) is 0 Å². The number of benzene rings is 8. The average molecular weight is 719 g/mol. The van der Waals surface area contributed by atoms with Crippen molar-refractivity contribution < 1.29 is 35.1 Å². The number of allylic oxidation sites excluding steroid dienone is 1. The Morgan fingerprint density at radius 1 is 0.527 bits per heavy atom. The van der Waals surface area contributed by atoms with E-state index in [2.05, 4.69) is 6.58 Å². The zero-order valence-electron chi connectivity index (χ0n) is 29.4. The van der Waals surface area contributed by atoms with Gasteiger partial charge in [-0.1, -0.05) is 109 Å². The van der Waals surface area contributed by atoms with Gasteiger partial charge in [0.15, 0.2) is 11.5 Å². The number of aliphatic hydroxyl groups excluding tert-OH is 2. The first-order chi connectivity index (χ1) is 26.5. The van der Waals surface area contributed by atoms with E-state index in [-0.39, 0.29) is 38.5 Å². The van der Waals surface area contributed by atoms with Crippen molar-refractivity contribution in [2.45, 2.75) is 6.92 Å². The summed E-state index contributed by atoms with van der Waals surface area (Å²) in [5.74, 6) is -4.41. The van der Waals surface area contributed by atoms with Crippen LogP contribution in [-0.2, 0) is 0 Å². The molecule has 0 fully saturated rings. The van der Waals surface area contributed by atoms with Crippen LogP contribution in [0.15, 0.2) is 138 Å². The monoisotopic (exact) mass is 718 g/mol. The van der Waals surface area contributed by atoms with E-state index >= 15 is 0 Å². The molecule has 264 valence electrons. The molecule has 6 N–H and O–H groups in total. The van der Waals surface area contributed by atoms with Gasteiger partial charge in [-0.2, -0.15) is 0 Å². The molecule has 7 nitrogen and oxygen atoms in total. The highest BCUT2D eigenvalue weighted by Crippen LogP contribution is 2.58. The number of furan rings is 1. The fourth-order valence-corrected chi connectivity index (χ4v) is 7.97. The van der Waals surface area contributed by atoms with E-state index in [1.54, 1.807) is 24.3 Å². The summed E-state index contributed by atoms with van der Waals surface area (Å²) in [7, 11) is 6.32. The van der Waals surface area contributed by atoms with Crippen molar-refractivity contribution in [3.05, 3.63) is 145 Å². The summed E-state index contributed by atoms with van der Waals surface area (Å²) < 4.78 is 6.26. The number of phenolic OH excluding ortho intramolecular Hbond substituents is 4. The van der Waals surface area contributed by atoms with Crippen LogP contribution in [0.25, 0.3) is 99.2 Å². The van der Waals surface area contributed by atoms with E-state index in [1.165, 1.54) is 6.92 Å². The van der Waals surface area contributed by atoms with Crippen LogP contribution in [0.3, 0.4) is 0 Å². The standard InChI is InChI=1S/C47H31BO7/c1-23(48)43(50)40-37(24(2)49)39(32-18-17-29(25-10-4-3-5-11-25)30-14-8-9-15-31(30)32)42-41(44(51)46(53)47(54)45(42)52)38(40)28-16-19-35-33(21-28)34-20-26-12-6-7-13-27(26)22-36(34)55-35/h3-22,49-54H,2H2,1H3/b43-23-. The molecule has 0 aliphatic rings. The SMILES string of the molecule is [B]/C(C)=C(\O)c1c(C(=C)O)c(-c2ccc(-c3ccccc3)c3ccccc23)c2c(O)c(O)c(O)c(O)c2c1-c1ccc2oc3cc4ccccc4cc3c2c1. The molecule has 9 rings (SSSR count). The lowest BCUT2D eigenvalue weighted by atomic mass is 9.78. The van der Waals surface area contributed by atoms with Gasteiger partial charge in [0.1, 0.15) is 30.5 Å². The highest BCUT2D eigenvalue weighted by atomic mass is 16.3. The van der Waals surface area contributed by atoms with Crippen LogP contribution in [0, 0.1) is 0 Å². The summed E-state index contributed by atoms with van der Waals surface area (Å²) in [4.78, 5) is 0. The molecule has 55 heavy (non-hydrogen) atoms. The lowest BCUT2D eigenvalue weighted by molar-refractivity contribution is 0.351. The predicted octanol–water partition coefficient (Wildman–Crippen LogP) is 11.8. The molecule has 0 unspecified atom stereocenters. The van der Waals surface area contributed by atoms with Gasteiger partial charge in [0.2, 0.25) is 11.5 Å². The minimum absolute atomic E-state index is 0.0219. The first kappa shape index (κ1) is 33.5. The van der Waals surface area contributed by atoms with Gasteiger partial charge in [0.25, 0.3) is 0 Å². The van der Waals surface area contributed by atoms with Gasteiger partial charge in [0, 0.05) is 43.8 Å². The second-order valence-corrected chi connectivity index (χ2v) is 13.7. The maximum Gasteiger partial charge on any atom is 0.204 e.